The van der Waals surface area contributed by atoms with E-state index in [2.05, 4.69) is 0 Å². The zero-order valence-corrected chi connectivity index (χ0v) is 19.4. The minimum Gasteiger partial charge on any atom is -0.497 e. The van der Waals surface area contributed by atoms with Gasteiger partial charge in [-0.05, 0) is 92.2 Å². The number of methoxy groups -OCH3 is 2. The van der Waals surface area contributed by atoms with E-state index in [1.807, 2.05) is 24.3 Å². The third-order valence-corrected chi connectivity index (χ3v) is 7.33. The molecule has 0 bridgehead atoms. The summed E-state index contributed by atoms with van der Waals surface area (Å²) in [5.74, 6) is 1.26. The Balaban J connectivity index is 1.37. The van der Waals surface area contributed by atoms with Gasteiger partial charge >= 0.3 is 5.97 Å². The number of rotatable bonds is 10. The molecule has 0 aliphatic heterocycles. The Kier molecular flexibility index (Phi) is 7.23. The van der Waals surface area contributed by atoms with Crippen LogP contribution in [0.1, 0.15) is 62.0 Å². The van der Waals surface area contributed by atoms with Gasteiger partial charge in [-0.15, -0.1) is 0 Å². The number of benzene rings is 2. The van der Waals surface area contributed by atoms with Crippen LogP contribution in [-0.2, 0) is 15.1 Å². The molecule has 6 heteroatoms. The van der Waals surface area contributed by atoms with Crippen molar-refractivity contribution in [3.63, 3.8) is 0 Å². The second kappa shape index (κ2) is 10.1. The molecule has 0 spiro atoms. The number of halogens is 1. The van der Waals surface area contributed by atoms with Gasteiger partial charge in [0.2, 0.25) is 0 Å². The van der Waals surface area contributed by atoms with Crippen LogP contribution in [-0.4, -0.2) is 31.9 Å². The molecule has 0 radical (unpaired) electrons. The molecule has 2 aromatic rings. The van der Waals surface area contributed by atoms with Crippen molar-refractivity contribution >= 4 is 5.97 Å². The van der Waals surface area contributed by atoms with Crippen LogP contribution in [0.3, 0.4) is 0 Å². The molecule has 1 N–H and O–H groups in total. The maximum Gasteiger partial charge on any atom is 0.303 e. The second-order valence-corrected chi connectivity index (χ2v) is 9.41. The first-order chi connectivity index (χ1) is 15.9. The maximum atomic E-state index is 14.6. The lowest BCUT2D eigenvalue weighted by Gasteiger charge is -2.39. The average Bonchev–Trinajstić information content (AvgIpc) is 3.67. The van der Waals surface area contributed by atoms with E-state index in [-0.39, 0.29) is 18.2 Å². The van der Waals surface area contributed by atoms with Gasteiger partial charge < -0.3 is 19.3 Å². The Morgan fingerprint density at radius 3 is 2.48 bits per heavy atom. The van der Waals surface area contributed by atoms with Crippen LogP contribution >= 0.6 is 0 Å². The first kappa shape index (κ1) is 23.6. The molecule has 2 saturated carbocycles. The van der Waals surface area contributed by atoms with E-state index >= 15 is 0 Å². The summed E-state index contributed by atoms with van der Waals surface area (Å²) in [4.78, 5) is 11.3. The molecular formula is C27H33FO5. The van der Waals surface area contributed by atoms with Gasteiger partial charge in [0.15, 0.2) is 0 Å². The van der Waals surface area contributed by atoms with Crippen LogP contribution in [0.5, 0.6) is 11.5 Å². The fraction of sp³-hybridized carbons (Fsp3) is 0.519. The van der Waals surface area contributed by atoms with E-state index in [0.717, 1.165) is 37.0 Å². The molecule has 178 valence electrons. The first-order valence-corrected chi connectivity index (χ1v) is 11.8. The van der Waals surface area contributed by atoms with Crippen molar-refractivity contribution in [2.24, 2.45) is 11.8 Å². The van der Waals surface area contributed by atoms with E-state index in [1.165, 1.54) is 6.07 Å². The van der Waals surface area contributed by atoms with Crippen molar-refractivity contribution in [2.45, 2.75) is 56.5 Å². The first-order valence-electron chi connectivity index (χ1n) is 11.8. The molecule has 0 unspecified atom stereocenters. The molecule has 2 aliphatic carbocycles. The Bertz CT molecular complexity index is 963. The predicted molar refractivity (Wildman–Crippen MR) is 123 cm³/mol. The fourth-order valence-electron chi connectivity index (χ4n) is 5.17. The van der Waals surface area contributed by atoms with E-state index < -0.39 is 11.6 Å². The summed E-state index contributed by atoms with van der Waals surface area (Å²) in [5.41, 5.74) is 0.956. The number of ether oxygens (including phenoxy) is 3. The van der Waals surface area contributed by atoms with E-state index in [4.69, 9.17) is 14.2 Å². The van der Waals surface area contributed by atoms with E-state index in [0.29, 0.717) is 42.6 Å². The Labute approximate surface area is 194 Å². The Morgan fingerprint density at radius 1 is 1.09 bits per heavy atom. The minimum atomic E-state index is -0.755. The van der Waals surface area contributed by atoms with Gasteiger partial charge in [-0.25, -0.2) is 4.39 Å². The predicted octanol–water partition coefficient (Wildman–Crippen LogP) is 5.91. The van der Waals surface area contributed by atoms with Gasteiger partial charge in [0.05, 0.1) is 25.7 Å². The van der Waals surface area contributed by atoms with Crippen molar-refractivity contribution in [1.82, 2.24) is 0 Å². The SMILES string of the molecule is COc1ccc(F)c([C@]2(OC)CC[C@H](COc3cccc([C@@H](CC(=O)O)C4CC4)c3)CC2)c1. The monoisotopic (exact) mass is 456 g/mol. The molecule has 0 amide bonds. The van der Waals surface area contributed by atoms with Gasteiger partial charge in [-0.1, -0.05) is 12.1 Å². The second-order valence-electron chi connectivity index (χ2n) is 9.41. The summed E-state index contributed by atoms with van der Waals surface area (Å²) in [6.45, 7) is 0.580. The summed E-state index contributed by atoms with van der Waals surface area (Å²) in [6.07, 6.45) is 5.52. The van der Waals surface area contributed by atoms with Crippen molar-refractivity contribution in [1.29, 1.82) is 0 Å². The summed E-state index contributed by atoms with van der Waals surface area (Å²) in [5, 5.41) is 9.28. The van der Waals surface area contributed by atoms with Crippen molar-refractivity contribution in [3.05, 3.63) is 59.4 Å². The quantitative estimate of drug-likeness (QED) is 0.481. The lowest BCUT2D eigenvalue weighted by Crippen LogP contribution is -2.36. The van der Waals surface area contributed by atoms with Gasteiger partial charge in [-0.3, -0.25) is 4.79 Å². The third kappa shape index (κ3) is 5.49. The van der Waals surface area contributed by atoms with Crippen molar-refractivity contribution < 1.29 is 28.5 Å². The molecule has 4 rings (SSSR count). The number of carboxylic acid groups (broad SMARTS) is 1. The normalized spacial score (nSPS) is 23.7. The third-order valence-electron chi connectivity index (χ3n) is 7.33. The van der Waals surface area contributed by atoms with E-state index in [1.54, 1.807) is 26.4 Å². The Morgan fingerprint density at radius 2 is 1.85 bits per heavy atom. The fourth-order valence-corrected chi connectivity index (χ4v) is 5.17. The molecule has 33 heavy (non-hydrogen) atoms. The highest BCUT2D eigenvalue weighted by Crippen LogP contribution is 2.46. The number of carboxylic acids is 1. The molecule has 2 aliphatic rings. The van der Waals surface area contributed by atoms with Gasteiger partial charge in [0.25, 0.3) is 0 Å². The lowest BCUT2D eigenvalue weighted by molar-refractivity contribution is -0.137. The summed E-state index contributed by atoms with van der Waals surface area (Å²) in [6, 6.07) is 12.7. The largest absolute Gasteiger partial charge is 0.497 e. The number of carbonyl (C=O) groups is 1. The molecule has 2 fully saturated rings. The molecule has 0 aromatic heterocycles. The average molecular weight is 457 g/mol. The highest BCUT2D eigenvalue weighted by atomic mass is 19.1. The zero-order valence-electron chi connectivity index (χ0n) is 19.4. The number of aliphatic carboxylic acids is 1. The van der Waals surface area contributed by atoms with Crippen LogP contribution in [0.2, 0.25) is 0 Å². The molecule has 0 heterocycles. The topological polar surface area (TPSA) is 65.0 Å². The number of hydrogen-bond donors (Lipinski definition) is 1. The maximum absolute atomic E-state index is 14.6. The molecular weight excluding hydrogens is 423 g/mol. The smallest absolute Gasteiger partial charge is 0.303 e. The standard InChI is InChI=1S/C27H33FO5/c1-31-21-8-9-25(28)24(15-21)27(32-2)12-10-18(11-13-27)17-33-22-5-3-4-20(14-22)23(16-26(29)30)19-6-7-19/h3-5,8-9,14-15,18-19,23H,6-7,10-13,16-17H2,1-2H3,(H,29,30)/t18-,23-,27-/m0/s1. The highest BCUT2D eigenvalue weighted by molar-refractivity contribution is 5.68. The summed E-state index contributed by atoms with van der Waals surface area (Å²) >= 11 is 0. The van der Waals surface area contributed by atoms with Crippen LogP contribution < -0.4 is 9.47 Å². The van der Waals surface area contributed by atoms with Crippen molar-refractivity contribution in [3.8, 4) is 11.5 Å². The van der Waals surface area contributed by atoms with Crippen LogP contribution in [0.15, 0.2) is 42.5 Å². The summed E-state index contributed by atoms with van der Waals surface area (Å²) in [7, 11) is 3.23. The van der Waals surface area contributed by atoms with Gasteiger partial charge in [-0.2, -0.15) is 0 Å². The molecule has 2 aromatic carbocycles. The van der Waals surface area contributed by atoms with Crippen LogP contribution in [0.4, 0.5) is 4.39 Å². The zero-order chi connectivity index (χ0) is 23.4. The van der Waals surface area contributed by atoms with Crippen molar-refractivity contribution in [2.75, 3.05) is 20.8 Å². The molecule has 5 nitrogen and oxygen atoms in total. The molecule has 0 saturated heterocycles. The minimum absolute atomic E-state index is 0.0563. The lowest BCUT2D eigenvalue weighted by atomic mass is 9.75. The van der Waals surface area contributed by atoms with Crippen LogP contribution in [0.25, 0.3) is 0 Å². The van der Waals surface area contributed by atoms with Gasteiger partial charge in [0, 0.05) is 12.7 Å². The van der Waals surface area contributed by atoms with Crippen LogP contribution in [0, 0.1) is 17.7 Å². The van der Waals surface area contributed by atoms with Gasteiger partial charge in [0.1, 0.15) is 17.3 Å². The summed E-state index contributed by atoms with van der Waals surface area (Å²) < 4.78 is 31.9. The highest BCUT2D eigenvalue weighted by Gasteiger charge is 2.39. The number of hydrogen-bond acceptors (Lipinski definition) is 4. The Hall–Kier alpha value is -2.60. The molecule has 1 atom stereocenters. The van der Waals surface area contributed by atoms with E-state index in [9.17, 15) is 14.3 Å².